The van der Waals surface area contributed by atoms with Gasteiger partial charge in [-0.25, -0.2) is 4.39 Å². The van der Waals surface area contributed by atoms with Gasteiger partial charge in [0.25, 0.3) is 0 Å². The summed E-state index contributed by atoms with van der Waals surface area (Å²) in [4.78, 5) is 0. The Bertz CT molecular complexity index is 393. The zero-order valence-electron chi connectivity index (χ0n) is 9.68. The van der Waals surface area contributed by atoms with Crippen molar-refractivity contribution in [3.05, 3.63) is 34.6 Å². The molecule has 4 heteroatoms. The average molecular weight is 258 g/mol. The van der Waals surface area contributed by atoms with Gasteiger partial charge in [-0.3, -0.25) is 0 Å². The third-order valence-electron chi connectivity index (χ3n) is 3.43. The van der Waals surface area contributed by atoms with E-state index < -0.39 is 0 Å². The summed E-state index contributed by atoms with van der Waals surface area (Å²) < 4.78 is 12.8. The summed E-state index contributed by atoms with van der Waals surface area (Å²) in [6, 6.07) is 4.46. The van der Waals surface area contributed by atoms with Gasteiger partial charge in [0.15, 0.2) is 0 Å². The summed E-state index contributed by atoms with van der Waals surface area (Å²) in [5.74, 6) is -0.308. The molecule has 0 amide bonds. The summed E-state index contributed by atoms with van der Waals surface area (Å²) in [5.41, 5.74) is 1.20. The third kappa shape index (κ3) is 3.41. The molecule has 0 saturated heterocycles. The van der Waals surface area contributed by atoms with E-state index in [0.717, 1.165) is 18.5 Å². The van der Waals surface area contributed by atoms with Crippen molar-refractivity contribution in [2.24, 2.45) is 5.41 Å². The molecule has 0 aliphatic heterocycles. The van der Waals surface area contributed by atoms with Gasteiger partial charge in [-0.05, 0) is 42.4 Å². The van der Waals surface area contributed by atoms with Crippen LogP contribution in [-0.2, 0) is 6.54 Å². The van der Waals surface area contributed by atoms with E-state index in [2.05, 4.69) is 5.32 Å². The number of halogens is 2. The molecule has 0 spiro atoms. The lowest BCUT2D eigenvalue weighted by atomic mass is 10.0. The third-order valence-corrected chi connectivity index (χ3v) is 3.78. The second kappa shape index (κ2) is 5.34. The van der Waals surface area contributed by atoms with Crippen LogP contribution in [-0.4, -0.2) is 18.3 Å². The van der Waals surface area contributed by atoms with Crippen LogP contribution in [0.5, 0.6) is 0 Å². The summed E-state index contributed by atoms with van der Waals surface area (Å²) in [6.45, 7) is 1.78. The molecule has 0 unspecified atom stereocenters. The number of hydrogen-bond acceptors (Lipinski definition) is 2. The number of benzene rings is 1. The maximum Gasteiger partial charge on any atom is 0.124 e. The molecule has 1 aromatic rings. The minimum atomic E-state index is -0.308. The van der Waals surface area contributed by atoms with Crippen LogP contribution in [0, 0.1) is 11.2 Å². The number of hydrogen-bond donors (Lipinski definition) is 2. The first kappa shape index (κ1) is 12.8. The van der Waals surface area contributed by atoms with Crippen molar-refractivity contribution in [1.82, 2.24) is 5.32 Å². The standard InChI is InChI=1S/C13H17ClFNO/c14-12-7-11(15)2-1-10(12)8-16-9-13(3-4-13)5-6-17/h1-2,7,16-17H,3-6,8-9H2. The Morgan fingerprint density at radius 1 is 1.41 bits per heavy atom. The molecule has 0 atom stereocenters. The van der Waals surface area contributed by atoms with Crippen molar-refractivity contribution in [3.63, 3.8) is 0 Å². The fourth-order valence-corrected chi connectivity index (χ4v) is 2.29. The van der Waals surface area contributed by atoms with Crippen LogP contribution in [0.25, 0.3) is 0 Å². The van der Waals surface area contributed by atoms with Crippen molar-refractivity contribution >= 4 is 11.6 Å². The molecule has 2 N–H and O–H groups in total. The summed E-state index contributed by atoms with van der Waals surface area (Å²) in [6.07, 6.45) is 3.21. The molecule has 0 bridgehead atoms. The van der Waals surface area contributed by atoms with Crippen LogP contribution in [0.4, 0.5) is 4.39 Å². The molecule has 1 fully saturated rings. The van der Waals surface area contributed by atoms with Crippen LogP contribution >= 0.6 is 11.6 Å². The Morgan fingerprint density at radius 2 is 2.18 bits per heavy atom. The van der Waals surface area contributed by atoms with Crippen LogP contribution in [0.3, 0.4) is 0 Å². The fourth-order valence-electron chi connectivity index (χ4n) is 2.06. The lowest BCUT2D eigenvalue weighted by Gasteiger charge is -2.15. The van der Waals surface area contributed by atoms with Crippen molar-refractivity contribution in [1.29, 1.82) is 0 Å². The highest BCUT2D eigenvalue weighted by atomic mass is 35.5. The molecule has 17 heavy (non-hydrogen) atoms. The van der Waals surface area contributed by atoms with Gasteiger partial charge >= 0.3 is 0 Å². The van der Waals surface area contributed by atoms with E-state index in [1.54, 1.807) is 6.07 Å². The van der Waals surface area contributed by atoms with Gasteiger partial charge in [0.1, 0.15) is 5.82 Å². The molecule has 1 aliphatic carbocycles. The number of rotatable bonds is 6. The normalized spacial score (nSPS) is 17.1. The van der Waals surface area contributed by atoms with Gasteiger partial charge in [0, 0.05) is 24.7 Å². The van der Waals surface area contributed by atoms with Gasteiger partial charge in [0.05, 0.1) is 0 Å². The van der Waals surface area contributed by atoms with Crippen LogP contribution < -0.4 is 5.32 Å². The van der Waals surface area contributed by atoms with Crippen molar-refractivity contribution in [2.75, 3.05) is 13.2 Å². The van der Waals surface area contributed by atoms with E-state index in [4.69, 9.17) is 16.7 Å². The lowest BCUT2D eigenvalue weighted by Crippen LogP contribution is -2.24. The first-order valence-electron chi connectivity index (χ1n) is 5.91. The summed E-state index contributed by atoms with van der Waals surface area (Å²) in [5, 5.41) is 12.7. The Morgan fingerprint density at radius 3 is 2.76 bits per heavy atom. The van der Waals surface area contributed by atoms with Crippen molar-refractivity contribution in [3.8, 4) is 0 Å². The maximum atomic E-state index is 12.8. The highest BCUT2D eigenvalue weighted by Crippen LogP contribution is 2.47. The second-order valence-corrected chi connectivity index (χ2v) is 5.22. The fraction of sp³-hybridized carbons (Fsp3) is 0.538. The van der Waals surface area contributed by atoms with Gasteiger partial charge in [-0.2, -0.15) is 0 Å². The van der Waals surface area contributed by atoms with E-state index in [1.165, 1.54) is 25.0 Å². The van der Waals surface area contributed by atoms with E-state index in [-0.39, 0.29) is 12.4 Å². The Kier molecular flexibility index (Phi) is 4.02. The predicted molar refractivity (Wildman–Crippen MR) is 66.5 cm³/mol. The molecular formula is C13H17ClFNO. The molecule has 1 aliphatic rings. The van der Waals surface area contributed by atoms with E-state index in [1.807, 2.05) is 0 Å². The molecule has 1 aromatic carbocycles. The Labute approximate surface area is 106 Å². The molecule has 2 nitrogen and oxygen atoms in total. The van der Waals surface area contributed by atoms with Crippen LogP contribution in [0.1, 0.15) is 24.8 Å². The van der Waals surface area contributed by atoms with Crippen LogP contribution in [0.2, 0.25) is 5.02 Å². The Hall–Kier alpha value is -0.640. The quantitative estimate of drug-likeness (QED) is 0.821. The SMILES string of the molecule is OCCC1(CNCc2ccc(F)cc2Cl)CC1. The number of aliphatic hydroxyl groups is 1. The lowest BCUT2D eigenvalue weighted by molar-refractivity contribution is 0.245. The summed E-state index contributed by atoms with van der Waals surface area (Å²) in [7, 11) is 0. The number of nitrogens with one attached hydrogen (secondary N) is 1. The van der Waals surface area contributed by atoms with Crippen molar-refractivity contribution in [2.45, 2.75) is 25.8 Å². The predicted octanol–water partition coefficient (Wildman–Crippen LogP) is 2.73. The second-order valence-electron chi connectivity index (χ2n) is 4.81. The molecule has 0 heterocycles. The maximum absolute atomic E-state index is 12.8. The smallest absolute Gasteiger partial charge is 0.124 e. The first-order chi connectivity index (χ1) is 8.15. The molecule has 2 rings (SSSR count). The largest absolute Gasteiger partial charge is 0.396 e. The number of aliphatic hydroxyl groups excluding tert-OH is 1. The molecule has 94 valence electrons. The van der Waals surface area contributed by atoms with E-state index in [9.17, 15) is 4.39 Å². The highest BCUT2D eigenvalue weighted by molar-refractivity contribution is 6.31. The Balaban J connectivity index is 1.82. The summed E-state index contributed by atoms with van der Waals surface area (Å²) >= 11 is 5.94. The molecule has 0 aromatic heterocycles. The molecule has 0 radical (unpaired) electrons. The topological polar surface area (TPSA) is 32.3 Å². The first-order valence-corrected chi connectivity index (χ1v) is 6.29. The van der Waals surface area contributed by atoms with Gasteiger partial charge < -0.3 is 10.4 Å². The highest BCUT2D eigenvalue weighted by Gasteiger charge is 2.41. The van der Waals surface area contributed by atoms with Crippen molar-refractivity contribution < 1.29 is 9.50 Å². The monoisotopic (exact) mass is 257 g/mol. The minimum absolute atomic E-state index is 0.249. The van der Waals surface area contributed by atoms with E-state index >= 15 is 0 Å². The average Bonchev–Trinajstić information content (AvgIpc) is 3.02. The van der Waals surface area contributed by atoms with Gasteiger partial charge in [0.2, 0.25) is 0 Å². The van der Waals surface area contributed by atoms with E-state index in [0.29, 0.717) is 17.0 Å². The van der Waals surface area contributed by atoms with Crippen LogP contribution in [0.15, 0.2) is 18.2 Å². The minimum Gasteiger partial charge on any atom is -0.396 e. The zero-order chi connectivity index (χ0) is 12.3. The zero-order valence-corrected chi connectivity index (χ0v) is 10.4. The van der Waals surface area contributed by atoms with Gasteiger partial charge in [-0.15, -0.1) is 0 Å². The molecule has 1 saturated carbocycles. The molecular weight excluding hydrogens is 241 g/mol. The van der Waals surface area contributed by atoms with Gasteiger partial charge in [-0.1, -0.05) is 17.7 Å².